The maximum atomic E-state index is 12.7. The van der Waals surface area contributed by atoms with Crippen LogP contribution in [-0.2, 0) is 16.6 Å². The second-order valence-corrected chi connectivity index (χ2v) is 12.5. The zero-order valence-corrected chi connectivity index (χ0v) is 22.1. The van der Waals surface area contributed by atoms with Gasteiger partial charge >= 0.3 is 16.8 Å². The molecule has 13 heteroatoms. The van der Waals surface area contributed by atoms with Gasteiger partial charge in [-0.25, -0.2) is 27.3 Å². The van der Waals surface area contributed by atoms with Crippen molar-refractivity contribution in [3.05, 3.63) is 59.0 Å². The van der Waals surface area contributed by atoms with E-state index in [2.05, 4.69) is 10.3 Å². The van der Waals surface area contributed by atoms with Crippen molar-refractivity contribution in [3.63, 3.8) is 0 Å². The number of aromatic carboxylic acids is 2. The van der Waals surface area contributed by atoms with Gasteiger partial charge in [0.25, 0.3) is 0 Å². The Balaban J connectivity index is 1.47. The largest absolute Gasteiger partial charge is 0.477 e. The van der Waals surface area contributed by atoms with Crippen LogP contribution in [0.15, 0.2) is 43.0 Å². The molecule has 0 saturated carbocycles. The lowest BCUT2D eigenvalue weighted by Crippen LogP contribution is -2.43. The van der Waals surface area contributed by atoms with Crippen LogP contribution in [0.4, 0.5) is 5.69 Å². The van der Waals surface area contributed by atoms with Crippen molar-refractivity contribution in [1.82, 2.24) is 13.9 Å². The molecule has 0 radical (unpaired) electrons. The lowest BCUT2D eigenvalue weighted by atomic mass is 10.0. The number of aromatic nitrogens is 2. The first-order valence-corrected chi connectivity index (χ1v) is 14.4. The molecule has 4 rings (SSSR count). The lowest BCUT2D eigenvalue weighted by molar-refractivity contribution is 0.0655. The van der Waals surface area contributed by atoms with E-state index in [-0.39, 0.29) is 22.2 Å². The fraction of sp³-hybridized carbons (Fsp3) is 0.375. The molecule has 1 saturated heterocycles. The molecule has 2 aromatic heterocycles. The average Bonchev–Trinajstić information content (AvgIpc) is 3.49. The van der Waals surface area contributed by atoms with Gasteiger partial charge < -0.3 is 20.1 Å². The molecule has 1 fully saturated rings. The zero-order chi connectivity index (χ0) is 26.7. The normalized spacial score (nSPS) is 15.6. The van der Waals surface area contributed by atoms with Crippen molar-refractivity contribution < 1.29 is 32.4 Å². The third-order valence-corrected chi connectivity index (χ3v) is 10.2. The number of rotatable bonds is 10. The molecule has 37 heavy (non-hydrogen) atoms. The second kappa shape index (κ2) is 11.0. The number of anilines is 1. The predicted octanol–water partition coefficient (Wildman–Crippen LogP) is 2.97. The summed E-state index contributed by atoms with van der Waals surface area (Å²) in [6.07, 6.45) is 6.21. The molecule has 1 aliphatic heterocycles. The van der Waals surface area contributed by atoms with Gasteiger partial charge in [-0.05, 0) is 38.0 Å². The van der Waals surface area contributed by atoms with Crippen molar-refractivity contribution in [2.24, 2.45) is 0 Å². The van der Waals surface area contributed by atoms with E-state index in [1.807, 2.05) is 18.2 Å². The number of benzene rings is 1. The molecule has 1 unspecified atom stereocenters. The molecular weight excluding hydrogens is 520 g/mol. The standard InChI is InChI=1S/C24H28N4O7S2/c1-16-20(23(29)30)22(24(31)32)36(35-2)21(16)17-4-3-5-19(14-17)26-18-6-9-28(10-7-18)37(33,34)13-12-27-11-8-25-15-27/h3-5,8,11,14-15,18,26H,6-7,9-10,12-13H2,1-2H3,(H-,29,30,31,32)/p+1. The van der Waals surface area contributed by atoms with Crippen molar-refractivity contribution >= 4 is 38.4 Å². The van der Waals surface area contributed by atoms with Crippen LogP contribution in [0.2, 0.25) is 0 Å². The van der Waals surface area contributed by atoms with Crippen LogP contribution < -0.4 is 9.50 Å². The number of thiophene rings is 1. The van der Waals surface area contributed by atoms with E-state index in [0.29, 0.717) is 48.5 Å². The number of carboxylic acid groups (broad SMARTS) is 2. The van der Waals surface area contributed by atoms with Gasteiger partial charge in [-0.1, -0.05) is 6.07 Å². The Kier molecular flexibility index (Phi) is 7.97. The molecule has 11 nitrogen and oxygen atoms in total. The van der Waals surface area contributed by atoms with Crippen molar-refractivity contribution in [2.45, 2.75) is 32.4 Å². The number of piperidine rings is 1. The van der Waals surface area contributed by atoms with E-state index in [4.69, 9.17) is 4.18 Å². The summed E-state index contributed by atoms with van der Waals surface area (Å²) < 4.78 is 34.2. The Labute approximate surface area is 217 Å². The summed E-state index contributed by atoms with van der Waals surface area (Å²) >= 11 is 0. The van der Waals surface area contributed by atoms with Crippen LogP contribution >= 0.6 is 10.8 Å². The van der Waals surface area contributed by atoms with Gasteiger partial charge in [-0.15, -0.1) is 0 Å². The van der Waals surface area contributed by atoms with E-state index >= 15 is 0 Å². The monoisotopic (exact) mass is 549 g/mol. The summed E-state index contributed by atoms with van der Waals surface area (Å²) in [5.41, 5.74) is 1.57. The summed E-state index contributed by atoms with van der Waals surface area (Å²) in [5, 5.41) is 22.8. The highest BCUT2D eigenvalue weighted by atomic mass is 32.2. The van der Waals surface area contributed by atoms with Gasteiger partial charge in [0, 0.05) is 54.9 Å². The second-order valence-electron chi connectivity index (χ2n) is 8.72. The number of aryl methyl sites for hydroxylation is 1. The number of imidazole rings is 1. The van der Waals surface area contributed by atoms with E-state index < -0.39 is 32.7 Å². The molecule has 0 aliphatic carbocycles. The third kappa shape index (κ3) is 5.69. The molecule has 1 aromatic carbocycles. The Bertz CT molecular complexity index is 1390. The maximum absolute atomic E-state index is 12.7. The van der Waals surface area contributed by atoms with Crippen LogP contribution in [0.5, 0.6) is 0 Å². The third-order valence-electron chi connectivity index (χ3n) is 6.40. The van der Waals surface area contributed by atoms with Crippen molar-refractivity contribution in [2.75, 3.05) is 31.3 Å². The van der Waals surface area contributed by atoms with Crippen molar-refractivity contribution in [1.29, 1.82) is 0 Å². The first kappa shape index (κ1) is 26.8. The predicted molar refractivity (Wildman–Crippen MR) is 140 cm³/mol. The van der Waals surface area contributed by atoms with Crippen LogP contribution in [0.1, 0.15) is 38.4 Å². The minimum absolute atomic E-state index is 0.0180. The van der Waals surface area contributed by atoms with E-state index in [1.54, 1.807) is 36.3 Å². The fourth-order valence-electron chi connectivity index (χ4n) is 4.58. The Hall–Kier alpha value is -3.26. The Morgan fingerprint density at radius 1 is 1.22 bits per heavy atom. The van der Waals surface area contributed by atoms with Gasteiger partial charge in [0.05, 0.1) is 19.2 Å². The number of sulfonamides is 1. The molecule has 0 bridgehead atoms. The highest BCUT2D eigenvalue weighted by molar-refractivity contribution is 7.89. The molecule has 3 aromatic rings. The smallest absolute Gasteiger partial charge is 0.393 e. The summed E-state index contributed by atoms with van der Waals surface area (Å²) in [4.78, 5) is 27.9. The fourth-order valence-corrected chi connectivity index (χ4v) is 7.89. The van der Waals surface area contributed by atoms with E-state index in [1.165, 1.54) is 11.4 Å². The highest BCUT2D eigenvalue weighted by Crippen LogP contribution is 2.44. The van der Waals surface area contributed by atoms with Crippen LogP contribution in [0.25, 0.3) is 10.4 Å². The zero-order valence-electron chi connectivity index (χ0n) is 20.5. The molecule has 198 valence electrons. The van der Waals surface area contributed by atoms with Gasteiger partial charge in [0.1, 0.15) is 5.56 Å². The van der Waals surface area contributed by atoms with E-state index in [0.717, 1.165) is 5.69 Å². The summed E-state index contributed by atoms with van der Waals surface area (Å²) in [7, 11) is -3.35. The van der Waals surface area contributed by atoms with Crippen LogP contribution in [0.3, 0.4) is 0 Å². The first-order chi connectivity index (χ1) is 17.6. The first-order valence-electron chi connectivity index (χ1n) is 11.6. The molecule has 3 heterocycles. The van der Waals surface area contributed by atoms with Crippen molar-refractivity contribution in [3.8, 4) is 10.4 Å². The number of hydrogen-bond acceptors (Lipinski definition) is 7. The molecule has 3 N–H and O–H groups in total. The van der Waals surface area contributed by atoms with Gasteiger partial charge in [-0.3, -0.25) is 0 Å². The number of hydrogen-bond donors (Lipinski definition) is 3. The van der Waals surface area contributed by atoms with E-state index in [9.17, 15) is 28.2 Å². The van der Waals surface area contributed by atoms with Gasteiger partial charge in [-0.2, -0.15) is 4.18 Å². The minimum Gasteiger partial charge on any atom is -0.477 e. The summed E-state index contributed by atoms with van der Waals surface area (Å²) in [5.74, 6) is -2.61. The molecule has 0 amide bonds. The Morgan fingerprint density at radius 3 is 2.54 bits per heavy atom. The molecule has 0 spiro atoms. The molecule has 1 atom stereocenters. The number of carbonyl (C=O) groups is 2. The molecule has 1 aliphatic rings. The summed E-state index contributed by atoms with van der Waals surface area (Å²) in [6, 6.07) is 7.37. The number of nitrogens with one attached hydrogen (secondary N) is 1. The Morgan fingerprint density at radius 2 is 1.95 bits per heavy atom. The van der Waals surface area contributed by atoms with Gasteiger partial charge in [0.15, 0.2) is 10.8 Å². The summed E-state index contributed by atoms with van der Waals surface area (Å²) in [6.45, 7) is 2.77. The SMILES string of the molecule is CO[s+]1c(C(=O)O)c(C(=O)O)c(C)c1-c1cccc(NC2CCN(S(=O)(=O)CCn3ccnc3)CC2)c1. The number of nitrogens with zero attached hydrogens (tertiary/aromatic N) is 3. The topological polar surface area (TPSA) is 151 Å². The van der Waals surface area contributed by atoms with Crippen LogP contribution in [-0.4, -0.2) is 76.4 Å². The quantitative estimate of drug-likeness (QED) is 0.324. The average molecular weight is 550 g/mol. The highest BCUT2D eigenvalue weighted by Gasteiger charge is 2.40. The minimum atomic E-state index is -3.38. The van der Waals surface area contributed by atoms with Crippen LogP contribution in [0, 0.1) is 6.92 Å². The number of carboxylic acids is 2. The van der Waals surface area contributed by atoms with Gasteiger partial charge in [0.2, 0.25) is 14.9 Å². The molecular formula is C24H29N4O7S2+. The lowest BCUT2D eigenvalue weighted by Gasteiger charge is -2.32. The maximum Gasteiger partial charge on any atom is 0.393 e.